The molecule has 5 rings (SSSR count). The van der Waals surface area contributed by atoms with Gasteiger partial charge in [-0.25, -0.2) is 0 Å². The number of Topliss-reactive ketones (excluding diaryl/α,β-unsaturated/α-hetero) is 1. The van der Waals surface area contributed by atoms with E-state index in [4.69, 9.17) is 0 Å². The summed E-state index contributed by atoms with van der Waals surface area (Å²) in [4.78, 5) is 34.4. The second-order valence-corrected chi connectivity index (χ2v) is 8.58. The van der Waals surface area contributed by atoms with Crippen LogP contribution in [-0.2, 0) is 16.0 Å². The van der Waals surface area contributed by atoms with Gasteiger partial charge in [0.25, 0.3) is 11.9 Å². The van der Waals surface area contributed by atoms with E-state index in [1.807, 2.05) is 48.5 Å². The lowest BCUT2D eigenvalue weighted by Crippen LogP contribution is -2.49. The molecule has 1 unspecified atom stereocenters. The fraction of sp³-hybridized carbons (Fsp3) is 0.231. The van der Waals surface area contributed by atoms with Gasteiger partial charge in [-0.1, -0.05) is 54.6 Å². The van der Waals surface area contributed by atoms with Crippen molar-refractivity contribution in [3.05, 3.63) is 94.8 Å². The van der Waals surface area contributed by atoms with Crippen LogP contribution in [0.4, 0.5) is 23.2 Å². The number of aliphatic imine (C=N–C) groups is 1. The molecular formula is C26H20F4N4O2. The second kappa shape index (κ2) is 9.52. The number of ketones is 1. The molecule has 10 heteroatoms. The number of nitrogens with zero attached hydrogens (tertiary/aromatic N) is 3. The minimum absolute atomic E-state index is 0.0133. The van der Waals surface area contributed by atoms with Gasteiger partial charge >= 0.3 is 0 Å². The van der Waals surface area contributed by atoms with Gasteiger partial charge in [0, 0.05) is 24.1 Å². The van der Waals surface area contributed by atoms with Gasteiger partial charge in [0.15, 0.2) is 11.9 Å². The Balaban J connectivity index is 1.48. The van der Waals surface area contributed by atoms with Gasteiger partial charge in [-0.15, -0.1) is 0 Å². The maximum Gasteiger partial charge on any atom is 0.253 e. The molecule has 6 nitrogen and oxygen atoms in total. The molecule has 2 aromatic carbocycles. The summed E-state index contributed by atoms with van der Waals surface area (Å²) in [5, 5.41) is 2.59. The van der Waals surface area contributed by atoms with E-state index < -0.39 is 47.3 Å². The van der Waals surface area contributed by atoms with E-state index in [1.54, 1.807) is 6.07 Å². The van der Waals surface area contributed by atoms with Crippen LogP contribution >= 0.6 is 0 Å². The van der Waals surface area contributed by atoms with E-state index in [-0.39, 0.29) is 25.2 Å². The summed E-state index contributed by atoms with van der Waals surface area (Å²) in [5.41, 5.74) is 1.76. The van der Waals surface area contributed by atoms with Crippen molar-refractivity contribution >= 4 is 23.1 Å². The van der Waals surface area contributed by atoms with Crippen LogP contribution in [0.2, 0.25) is 0 Å². The highest BCUT2D eigenvalue weighted by molar-refractivity contribution is 6.16. The molecule has 1 fully saturated rings. The molecule has 3 heterocycles. The van der Waals surface area contributed by atoms with Crippen LogP contribution in [0.15, 0.2) is 59.6 Å². The van der Waals surface area contributed by atoms with Crippen molar-refractivity contribution in [1.82, 2.24) is 10.3 Å². The Morgan fingerprint density at radius 2 is 1.61 bits per heavy atom. The van der Waals surface area contributed by atoms with E-state index in [2.05, 4.69) is 15.3 Å². The molecule has 2 aliphatic rings. The lowest BCUT2D eigenvalue weighted by Gasteiger charge is -2.27. The summed E-state index contributed by atoms with van der Waals surface area (Å²) in [6.45, 7) is -0.0165. The molecule has 0 spiro atoms. The summed E-state index contributed by atoms with van der Waals surface area (Å²) in [6, 6.07) is 15.3. The quantitative estimate of drug-likeness (QED) is 0.442. The summed E-state index contributed by atoms with van der Waals surface area (Å²) >= 11 is 0. The highest BCUT2D eigenvalue weighted by Crippen LogP contribution is 2.32. The Hall–Kier alpha value is -4.08. The van der Waals surface area contributed by atoms with Crippen LogP contribution in [0.1, 0.15) is 29.5 Å². The SMILES string of the molecule is O=C(N[C@H]1N=C(c2ccccc2)c2ccccc2CC1=O)C1CCCN1c1c(F)c(F)nc(F)c1F. The molecule has 3 aromatic rings. The van der Waals surface area contributed by atoms with Gasteiger partial charge in [0.05, 0.1) is 5.71 Å². The number of halogens is 4. The molecule has 1 aromatic heterocycles. The normalized spacial score (nSPS) is 19.5. The summed E-state index contributed by atoms with van der Waals surface area (Å²) in [6.07, 6.45) is -0.750. The lowest BCUT2D eigenvalue weighted by molar-refractivity contribution is -0.128. The minimum Gasteiger partial charge on any atom is -0.354 e. The van der Waals surface area contributed by atoms with Crippen LogP contribution in [0, 0.1) is 23.5 Å². The molecule has 2 atom stereocenters. The first-order chi connectivity index (χ1) is 17.3. The third kappa shape index (κ3) is 4.23. The van der Waals surface area contributed by atoms with Crippen molar-refractivity contribution in [2.75, 3.05) is 11.4 Å². The standard InChI is InChI=1S/C26H20F4N4O2/c27-19-22(20(28)24(30)32-23(19)29)34-12-6-11-17(34)26(36)33-25-18(35)13-15-9-4-5-10-16(15)21(31-25)14-7-2-1-3-8-14/h1-5,7-10,17,25H,6,11-13H2,(H,33,36)/t17?,25-/m1/s1. The van der Waals surface area contributed by atoms with Gasteiger partial charge in [-0.2, -0.15) is 22.5 Å². The van der Waals surface area contributed by atoms with Gasteiger partial charge in [0.1, 0.15) is 11.7 Å². The highest BCUT2D eigenvalue weighted by atomic mass is 19.2. The Labute approximate surface area is 203 Å². The maximum atomic E-state index is 14.4. The maximum absolute atomic E-state index is 14.4. The Morgan fingerprint density at radius 1 is 0.944 bits per heavy atom. The molecular weight excluding hydrogens is 476 g/mol. The van der Waals surface area contributed by atoms with Crippen LogP contribution in [0.5, 0.6) is 0 Å². The van der Waals surface area contributed by atoms with Gasteiger partial charge in [0.2, 0.25) is 17.5 Å². The number of aromatic nitrogens is 1. The Kier molecular flexibility index (Phi) is 6.26. The number of carbonyl (C=O) groups excluding carboxylic acids is 2. The number of benzene rings is 2. The zero-order valence-corrected chi connectivity index (χ0v) is 18.8. The molecule has 0 bridgehead atoms. The number of rotatable bonds is 4. The van der Waals surface area contributed by atoms with Crippen LogP contribution in [0.3, 0.4) is 0 Å². The van der Waals surface area contributed by atoms with Crippen LogP contribution in [0.25, 0.3) is 0 Å². The zero-order valence-electron chi connectivity index (χ0n) is 18.8. The van der Waals surface area contributed by atoms with Crippen molar-refractivity contribution in [2.24, 2.45) is 4.99 Å². The first kappa shape index (κ1) is 23.7. The number of nitrogens with one attached hydrogen (secondary N) is 1. The molecule has 2 aliphatic heterocycles. The molecule has 1 saturated heterocycles. The molecule has 1 amide bonds. The summed E-state index contributed by atoms with van der Waals surface area (Å²) in [7, 11) is 0. The first-order valence-corrected chi connectivity index (χ1v) is 11.4. The molecule has 184 valence electrons. The van der Waals surface area contributed by atoms with E-state index in [0.29, 0.717) is 12.1 Å². The zero-order chi connectivity index (χ0) is 25.4. The van der Waals surface area contributed by atoms with E-state index in [9.17, 15) is 27.2 Å². The van der Waals surface area contributed by atoms with Crippen molar-refractivity contribution in [2.45, 2.75) is 31.5 Å². The fourth-order valence-corrected chi connectivity index (χ4v) is 4.67. The van der Waals surface area contributed by atoms with Crippen molar-refractivity contribution in [3.8, 4) is 0 Å². The number of hydrogen-bond donors (Lipinski definition) is 1. The lowest BCUT2D eigenvalue weighted by atomic mass is 9.96. The average molecular weight is 496 g/mol. The number of anilines is 1. The Morgan fingerprint density at radius 3 is 2.33 bits per heavy atom. The van der Waals surface area contributed by atoms with E-state index in [1.165, 1.54) is 0 Å². The Bertz CT molecular complexity index is 1350. The van der Waals surface area contributed by atoms with Crippen molar-refractivity contribution < 1.29 is 27.2 Å². The molecule has 0 radical (unpaired) electrons. The third-order valence-electron chi connectivity index (χ3n) is 6.34. The monoisotopic (exact) mass is 496 g/mol. The summed E-state index contributed by atoms with van der Waals surface area (Å²) < 4.78 is 56.2. The number of amides is 1. The number of hydrogen-bond acceptors (Lipinski definition) is 5. The highest BCUT2D eigenvalue weighted by Gasteiger charge is 2.38. The van der Waals surface area contributed by atoms with Crippen molar-refractivity contribution in [1.29, 1.82) is 0 Å². The van der Waals surface area contributed by atoms with Crippen LogP contribution < -0.4 is 10.2 Å². The number of pyridine rings is 1. The van der Waals surface area contributed by atoms with E-state index >= 15 is 0 Å². The van der Waals surface area contributed by atoms with Gasteiger partial charge in [-0.05, 0) is 18.4 Å². The largest absolute Gasteiger partial charge is 0.354 e. The topological polar surface area (TPSA) is 74.7 Å². The van der Waals surface area contributed by atoms with Gasteiger partial charge < -0.3 is 10.2 Å². The second-order valence-electron chi connectivity index (χ2n) is 8.58. The van der Waals surface area contributed by atoms with Crippen LogP contribution in [-0.4, -0.2) is 41.1 Å². The number of fused-ring (bicyclic) bond motifs is 1. The minimum atomic E-state index is -1.80. The average Bonchev–Trinajstić information content (AvgIpc) is 3.31. The number of carbonyl (C=O) groups is 2. The fourth-order valence-electron chi connectivity index (χ4n) is 4.67. The summed E-state index contributed by atoms with van der Waals surface area (Å²) in [5.74, 6) is -8.07. The molecule has 0 aliphatic carbocycles. The molecule has 0 saturated carbocycles. The molecule has 1 N–H and O–H groups in total. The van der Waals surface area contributed by atoms with E-state index in [0.717, 1.165) is 21.6 Å². The van der Waals surface area contributed by atoms with Crippen molar-refractivity contribution in [3.63, 3.8) is 0 Å². The predicted molar refractivity (Wildman–Crippen MR) is 124 cm³/mol. The first-order valence-electron chi connectivity index (χ1n) is 11.4. The third-order valence-corrected chi connectivity index (χ3v) is 6.34. The smallest absolute Gasteiger partial charge is 0.253 e. The molecule has 36 heavy (non-hydrogen) atoms. The van der Waals surface area contributed by atoms with Gasteiger partial charge in [-0.3, -0.25) is 14.6 Å². The predicted octanol–water partition coefficient (Wildman–Crippen LogP) is 3.71.